The van der Waals surface area contributed by atoms with Crippen LogP contribution < -0.4 is 11.3 Å². The van der Waals surface area contributed by atoms with Crippen molar-refractivity contribution < 1.29 is 0 Å². The van der Waals surface area contributed by atoms with E-state index in [0.29, 0.717) is 17.6 Å². The minimum Gasteiger partial charge on any atom is -0.399 e. The van der Waals surface area contributed by atoms with Crippen LogP contribution in [0.15, 0.2) is 35.5 Å². The second-order valence-electron chi connectivity index (χ2n) is 4.81. The fourth-order valence-electron chi connectivity index (χ4n) is 2.24. The van der Waals surface area contributed by atoms with E-state index in [1.165, 1.54) is 0 Å². The Morgan fingerprint density at radius 2 is 2.15 bits per heavy atom. The summed E-state index contributed by atoms with van der Waals surface area (Å²) in [5.74, 6) is 0. The summed E-state index contributed by atoms with van der Waals surface area (Å²) < 4.78 is 3.17. The van der Waals surface area contributed by atoms with Crippen molar-refractivity contribution in [1.29, 1.82) is 0 Å². The van der Waals surface area contributed by atoms with E-state index < -0.39 is 0 Å². The van der Waals surface area contributed by atoms with E-state index in [1.807, 2.05) is 25.1 Å². The predicted octanol–water partition coefficient (Wildman–Crippen LogP) is 1.07. The summed E-state index contributed by atoms with van der Waals surface area (Å²) in [7, 11) is 1.77. The molecule has 0 saturated carbocycles. The van der Waals surface area contributed by atoms with Gasteiger partial charge in [-0.2, -0.15) is 5.10 Å². The Morgan fingerprint density at radius 3 is 2.95 bits per heavy atom. The van der Waals surface area contributed by atoms with Crippen molar-refractivity contribution in [3.63, 3.8) is 0 Å². The highest BCUT2D eigenvalue weighted by Crippen LogP contribution is 2.16. The van der Waals surface area contributed by atoms with Crippen molar-refractivity contribution in [2.45, 2.75) is 13.5 Å². The molecule has 6 nitrogen and oxygen atoms in total. The number of benzene rings is 1. The highest BCUT2D eigenvalue weighted by atomic mass is 16.1. The first-order valence-electron chi connectivity index (χ1n) is 6.29. The average molecular weight is 269 g/mol. The Morgan fingerprint density at radius 1 is 1.35 bits per heavy atom. The summed E-state index contributed by atoms with van der Waals surface area (Å²) in [5, 5.41) is 4.58. The first-order valence-corrected chi connectivity index (χ1v) is 6.29. The number of rotatable bonds is 2. The number of nitrogens with zero attached hydrogens (tertiary/aromatic N) is 4. The molecule has 0 radical (unpaired) electrons. The maximum atomic E-state index is 12.4. The molecule has 0 atom stereocenters. The molecule has 2 heterocycles. The SMILES string of the molecule is Cc1c(N)cccc1Cn1cnc2c(cnn2C)c1=O. The first kappa shape index (κ1) is 12.4. The number of nitrogens with two attached hydrogens (primary N) is 1. The largest absolute Gasteiger partial charge is 0.399 e. The smallest absolute Gasteiger partial charge is 0.264 e. The van der Waals surface area contributed by atoms with Crippen LogP contribution in [0.25, 0.3) is 11.0 Å². The van der Waals surface area contributed by atoms with Gasteiger partial charge in [0.25, 0.3) is 5.56 Å². The van der Waals surface area contributed by atoms with Gasteiger partial charge in [-0.15, -0.1) is 0 Å². The van der Waals surface area contributed by atoms with Crippen LogP contribution in [-0.2, 0) is 13.6 Å². The highest BCUT2D eigenvalue weighted by molar-refractivity contribution is 5.72. The molecule has 0 amide bonds. The van der Waals surface area contributed by atoms with E-state index in [-0.39, 0.29) is 5.56 Å². The Bertz CT molecular complexity index is 846. The van der Waals surface area contributed by atoms with Gasteiger partial charge in [-0.25, -0.2) is 4.98 Å². The van der Waals surface area contributed by atoms with Gasteiger partial charge < -0.3 is 5.73 Å². The number of aromatic nitrogens is 4. The number of aryl methyl sites for hydroxylation is 1. The topological polar surface area (TPSA) is 78.7 Å². The number of nitrogen functional groups attached to an aromatic ring is 1. The zero-order valence-corrected chi connectivity index (χ0v) is 11.4. The maximum Gasteiger partial charge on any atom is 0.264 e. The van der Waals surface area contributed by atoms with E-state index >= 15 is 0 Å². The maximum absolute atomic E-state index is 12.4. The molecule has 3 rings (SSSR count). The molecule has 0 fully saturated rings. The molecular weight excluding hydrogens is 254 g/mol. The lowest BCUT2D eigenvalue weighted by atomic mass is 10.1. The molecule has 3 aromatic rings. The van der Waals surface area contributed by atoms with Crippen molar-refractivity contribution in [3.8, 4) is 0 Å². The minimum atomic E-state index is -0.0927. The van der Waals surface area contributed by atoms with Crippen molar-refractivity contribution in [2.75, 3.05) is 5.73 Å². The van der Waals surface area contributed by atoms with Gasteiger partial charge in [0.15, 0.2) is 5.65 Å². The van der Waals surface area contributed by atoms with E-state index in [0.717, 1.165) is 16.8 Å². The fourth-order valence-corrected chi connectivity index (χ4v) is 2.24. The first-order chi connectivity index (χ1) is 9.58. The summed E-state index contributed by atoms with van der Waals surface area (Å²) in [4.78, 5) is 16.7. The molecule has 0 saturated heterocycles. The summed E-state index contributed by atoms with van der Waals surface area (Å²) >= 11 is 0. The van der Waals surface area contributed by atoms with Gasteiger partial charge >= 0.3 is 0 Å². The van der Waals surface area contributed by atoms with Gasteiger partial charge in [0.05, 0.1) is 12.7 Å². The van der Waals surface area contributed by atoms with Crippen LogP contribution in [-0.4, -0.2) is 19.3 Å². The lowest BCUT2D eigenvalue weighted by molar-refractivity contribution is 0.735. The second-order valence-corrected chi connectivity index (χ2v) is 4.81. The van der Waals surface area contributed by atoms with Crippen LogP contribution in [0.1, 0.15) is 11.1 Å². The minimum absolute atomic E-state index is 0.0927. The van der Waals surface area contributed by atoms with Gasteiger partial charge in [0, 0.05) is 12.7 Å². The van der Waals surface area contributed by atoms with Crippen LogP contribution >= 0.6 is 0 Å². The van der Waals surface area contributed by atoms with Gasteiger partial charge in [-0.1, -0.05) is 12.1 Å². The molecule has 0 aliphatic heterocycles. The number of hydrogen-bond acceptors (Lipinski definition) is 4. The number of fused-ring (bicyclic) bond motifs is 1. The predicted molar refractivity (Wildman–Crippen MR) is 77.5 cm³/mol. The molecule has 0 spiro atoms. The van der Waals surface area contributed by atoms with E-state index in [1.54, 1.807) is 28.8 Å². The number of hydrogen-bond donors (Lipinski definition) is 1. The molecule has 0 unspecified atom stereocenters. The second kappa shape index (κ2) is 4.48. The third-order valence-corrected chi connectivity index (χ3v) is 3.55. The summed E-state index contributed by atoms with van der Waals surface area (Å²) in [5.41, 5.74) is 9.12. The zero-order chi connectivity index (χ0) is 14.3. The van der Waals surface area contributed by atoms with Crippen LogP contribution in [0.3, 0.4) is 0 Å². The van der Waals surface area contributed by atoms with Crippen LogP contribution in [0.5, 0.6) is 0 Å². The van der Waals surface area contributed by atoms with Gasteiger partial charge in [0.2, 0.25) is 0 Å². The highest BCUT2D eigenvalue weighted by Gasteiger charge is 2.09. The van der Waals surface area contributed by atoms with Crippen molar-refractivity contribution in [2.24, 2.45) is 7.05 Å². The molecule has 20 heavy (non-hydrogen) atoms. The van der Waals surface area contributed by atoms with Crippen molar-refractivity contribution in [1.82, 2.24) is 19.3 Å². The van der Waals surface area contributed by atoms with Crippen molar-refractivity contribution >= 4 is 16.7 Å². The van der Waals surface area contributed by atoms with Gasteiger partial charge in [0.1, 0.15) is 11.7 Å². The van der Waals surface area contributed by atoms with Gasteiger partial charge in [-0.3, -0.25) is 14.0 Å². The molecule has 1 aromatic carbocycles. The quantitative estimate of drug-likeness (QED) is 0.706. The average Bonchev–Trinajstić information content (AvgIpc) is 2.80. The molecular formula is C14H15N5O. The normalized spacial score (nSPS) is 11.1. The van der Waals surface area contributed by atoms with E-state index in [9.17, 15) is 4.79 Å². The molecule has 102 valence electrons. The van der Waals surface area contributed by atoms with Crippen LogP contribution in [0.4, 0.5) is 5.69 Å². The summed E-state index contributed by atoms with van der Waals surface area (Å²) in [6, 6.07) is 5.70. The summed E-state index contributed by atoms with van der Waals surface area (Å²) in [6.07, 6.45) is 3.10. The third kappa shape index (κ3) is 1.85. The van der Waals surface area contributed by atoms with Gasteiger partial charge in [-0.05, 0) is 24.1 Å². The molecule has 0 bridgehead atoms. The molecule has 2 aromatic heterocycles. The zero-order valence-electron chi connectivity index (χ0n) is 11.4. The lowest BCUT2D eigenvalue weighted by Crippen LogP contribution is -2.21. The lowest BCUT2D eigenvalue weighted by Gasteiger charge is -2.10. The molecule has 6 heteroatoms. The third-order valence-electron chi connectivity index (χ3n) is 3.55. The van der Waals surface area contributed by atoms with Crippen LogP contribution in [0.2, 0.25) is 0 Å². The molecule has 2 N–H and O–H groups in total. The van der Waals surface area contributed by atoms with Crippen molar-refractivity contribution in [3.05, 3.63) is 52.2 Å². The van der Waals surface area contributed by atoms with E-state index in [4.69, 9.17) is 5.73 Å². The summed E-state index contributed by atoms with van der Waals surface area (Å²) in [6.45, 7) is 2.40. The molecule has 0 aliphatic carbocycles. The van der Waals surface area contributed by atoms with Crippen LogP contribution in [0, 0.1) is 6.92 Å². The Hall–Kier alpha value is -2.63. The fraction of sp³-hybridized carbons (Fsp3) is 0.214. The molecule has 0 aliphatic rings. The Kier molecular flexibility index (Phi) is 2.78. The number of anilines is 1. The Balaban J connectivity index is 2.09. The standard InChI is InChI=1S/C14H15N5O/c1-9-10(4-3-5-12(9)15)7-19-8-16-13-11(14(19)20)6-17-18(13)2/h3-6,8H,7,15H2,1-2H3. The Labute approximate surface area is 115 Å². The monoisotopic (exact) mass is 269 g/mol. The van der Waals surface area contributed by atoms with E-state index in [2.05, 4.69) is 10.1 Å².